The molecule has 3 heteroatoms. The molecular formula is C33H21N3. The second kappa shape index (κ2) is 8.40. The fourth-order valence-corrected chi connectivity index (χ4v) is 4.87. The molecule has 4 aromatic carbocycles. The van der Waals surface area contributed by atoms with Gasteiger partial charge in [-0.25, -0.2) is 4.98 Å². The maximum absolute atomic E-state index is 5.14. The SMILES string of the molecule is c1ccc2cc3cc(-c4cc(-c5ccncc5)cc(-c5ccc6ncccc6c5)n4)ccc3cc2c1. The zero-order chi connectivity index (χ0) is 23.9. The Morgan fingerprint density at radius 3 is 1.81 bits per heavy atom. The van der Waals surface area contributed by atoms with Gasteiger partial charge in [0.2, 0.25) is 0 Å². The largest absolute Gasteiger partial charge is 0.265 e. The zero-order valence-electron chi connectivity index (χ0n) is 19.5. The fraction of sp³-hybridized carbons (Fsp3) is 0. The zero-order valence-corrected chi connectivity index (χ0v) is 19.5. The summed E-state index contributed by atoms with van der Waals surface area (Å²) >= 11 is 0. The Labute approximate surface area is 208 Å². The summed E-state index contributed by atoms with van der Waals surface area (Å²) in [5.74, 6) is 0. The molecular weight excluding hydrogens is 438 g/mol. The van der Waals surface area contributed by atoms with Gasteiger partial charge in [-0.2, -0.15) is 0 Å². The first-order chi connectivity index (χ1) is 17.8. The number of fused-ring (bicyclic) bond motifs is 3. The Hall–Kier alpha value is -4.89. The Morgan fingerprint density at radius 2 is 1.03 bits per heavy atom. The molecule has 0 saturated carbocycles. The van der Waals surface area contributed by atoms with Crippen molar-refractivity contribution in [2.75, 3.05) is 0 Å². The van der Waals surface area contributed by atoms with Crippen molar-refractivity contribution in [2.45, 2.75) is 0 Å². The van der Waals surface area contributed by atoms with Crippen LogP contribution in [0, 0.1) is 0 Å². The van der Waals surface area contributed by atoms with E-state index >= 15 is 0 Å². The molecule has 168 valence electrons. The average Bonchev–Trinajstić information content (AvgIpc) is 2.95. The van der Waals surface area contributed by atoms with E-state index in [1.807, 2.05) is 36.8 Å². The van der Waals surface area contributed by atoms with E-state index in [2.05, 4.69) is 101 Å². The van der Waals surface area contributed by atoms with Crippen LogP contribution >= 0.6 is 0 Å². The van der Waals surface area contributed by atoms with Gasteiger partial charge in [0.15, 0.2) is 0 Å². The van der Waals surface area contributed by atoms with E-state index in [4.69, 9.17) is 4.98 Å². The lowest BCUT2D eigenvalue weighted by atomic mass is 9.97. The summed E-state index contributed by atoms with van der Waals surface area (Å²) < 4.78 is 0. The van der Waals surface area contributed by atoms with Crippen LogP contribution in [0.2, 0.25) is 0 Å². The highest BCUT2D eigenvalue weighted by Gasteiger charge is 2.11. The Kier molecular flexibility index (Phi) is 4.78. The number of rotatable bonds is 3. The molecule has 0 amide bonds. The summed E-state index contributed by atoms with van der Waals surface area (Å²) in [5, 5.41) is 6.03. The minimum atomic E-state index is 0.934. The van der Waals surface area contributed by atoms with E-state index < -0.39 is 0 Å². The first-order valence-corrected chi connectivity index (χ1v) is 12.0. The van der Waals surface area contributed by atoms with Gasteiger partial charge < -0.3 is 0 Å². The van der Waals surface area contributed by atoms with Crippen molar-refractivity contribution in [3.05, 3.63) is 128 Å². The maximum Gasteiger partial charge on any atom is 0.0715 e. The van der Waals surface area contributed by atoms with E-state index in [9.17, 15) is 0 Å². The topological polar surface area (TPSA) is 38.7 Å². The highest BCUT2D eigenvalue weighted by Crippen LogP contribution is 2.33. The van der Waals surface area contributed by atoms with Crippen LogP contribution < -0.4 is 0 Å². The highest BCUT2D eigenvalue weighted by molar-refractivity contribution is 5.99. The summed E-state index contributed by atoms with van der Waals surface area (Å²) in [4.78, 5) is 13.8. The minimum Gasteiger partial charge on any atom is -0.265 e. The molecule has 0 aliphatic rings. The molecule has 3 nitrogen and oxygen atoms in total. The second-order valence-corrected chi connectivity index (χ2v) is 9.03. The monoisotopic (exact) mass is 459 g/mol. The molecule has 3 heterocycles. The molecule has 0 unspecified atom stereocenters. The molecule has 0 atom stereocenters. The Bertz CT molecular complexity index is 1890. The third-order valence-corrected chi connectivity index (χ3v) is 6.74. The summed E-state index contributed by atoms with van der Waals surface area (Å²) in [5.41, 5.74) is 7.25. The van der Waals surface area contributed by atoms with E-state index in [1.165, 1.54) is 21.5 Å². The number of pyridine rings is 3. The fourth-order valence-electron chi connectivity index (χ4n) is 4.87. The molecule has 0 aliphatic carbocycles. The maximum atomic E-state index is 5.14. The molecule has 0 saturated heterocycles. The van der Waals surface area contributed by atoms with Gasteiger partial charge in [0.25, 0.3) is 0 Å². The first kappa shape index (κ1) is 20.5. The number of hydrogen-bond acceptors (Lipinski definition) is 3. The van der Waals surface area contributed by atoms with Gasteiger partial charge in [-0.15, -0.1) is 0 Å². The van der Waals surface area contributed by atoms with Gasteiger partial charge in [-0.3, -0.25) is 9.97 Å². The van der Waals surface area contributed by atoms with Crippen LogP contribution in [0.5, 0.6) is 0 Å². The molecule has 0 aliphatic heterocycles. The highest BCUT2D eigenvalue weighted by atomic mass is 14.7. The summed E-state index contributed by atoms with van der Waals surface area (Å²) in [6.07, 6.45) is 5.49. The quantitative estimate of drug-likeness (QED) is 0.249. The smallest absolute Gasteiger partial charge is 0.0715 e. The van der Waals surface area contributed by atoms with Crippen LogP contribution in [0.15, 0.2) is 128 Å². The van der Waals surface area contributed by atoms with E-state index in [0.717, 1.165) is 44.5 Å². The van der Waals surface area contributed by atoms with Gasteiger partial charge in [-0.1, -0.05) is 48.5 Å². The van der Waals surface area contributed by atoms with Crippen molar-refractivity contribution < 1.29 is 0 Å². The van der Waals surface area contributed by atoms with Gasteiger partial charge >= 0.3 is 0 Å². The normalized spacial score (nSPS) is 11.3. The summed E-state index contributed by atoms with van der Waals surface area (Å²) in [7, 11) is 0. The van der Waals surface area contributed by atoms with Crippen LogP contribution in [0.25, 0.3) is 66.1 Å². The number of aromatic nitrogens is 3. The van der Waals surface area contributed by atoms with Gasteiger partial charge in [0, 0.05) is 35.1 Å². The van der Waals surface area contributed by atoms with Crippen LogP contribution in [0.4, 0.5) is 0 Å². The molecule has 0 spiro atoms. The van der Waals surface area contributed by atoms with E-state index in [1.54, 1.807) is 0 Å². The summed E-state index contributed by atoms with van der Waals surface area (Å²) in [6.45, 7) is 0. The van der Waals surface area contributed by atoms with Crippen LogP contribution in [0.3, 0.4) is 0 Å². The number of nitrogens with zero attached hydrogens (tertiary/aromatic N) is 3. The molecule has 0 bridgehead atoms. The van der Waals surface area contributed by atoms with Crippen molar-refractivity contribution in [2.24, 2.45) is 0 Å². The van der Waals surface area contributed by atoms with Crippen LogP contribution in [-0.2, 0) is 0 Å². The van der Waals surface area contributed by atoms with Crippen molar-refractivity contribution >= 4 is 32.4 Å². The molecule has 0 radical (unpaired) electrons. The minimum absolute atomic E-state index is 0.934. The molecule has 0 fully saturated rings. The Morgan fingerprint density at radius 1 is 0.389 bits per heavy atom. The molecule has 3 aromatic heterocycles. The lowest BCUT2D eigenvalue weighted by Gasteiger charge is -2.12. The lowest BCUT2D eigenvalue weighted by molar-refractivity contribution is 1.31. The van der Waals surface area contributed by atoms with Gasteiger partial charge in [0.05, 0.1) is 16.9 Å². The molecule has 0 N–H and O–H groups in total. The third kappa shape index (κ3) is 3.68. The molecule has 7 aromatic rings. The van der Waals surface area contributed by atoms with E-state index in [0.29, 0.717) is 0 Å². The summed E-state index contributed by atoms with van der Waals surface area (Å²) in [6, 6.07) is 38.4. The van der Waals surface area contributed by atoms with Crippen LogP contribution in [-0.4, -0.2) is 15.0 Å². The second-order valence-electron chi connectivity index (χ2n) is 9.03. The van der Waals surface area contributed by atoms with Crippen molar-refractivity contribution in [3.8, 4) is 33.6 Å². The standard InChI is InChI=1S/C33H21N3/c1-2-5-24-17-29-19-27(8-7-25(29)16-23(24)4-1)32-20-30(22-11-14-34-15-12-22)21-33(36-32)28-9-10-31-26(18-28)6-3-13-35-31/h1-21H. The molecule has 7 rings (SSSR count). The van der Waals surface area contributed by atoms with Gasteiger partial charge in [-0.05, 0) is 93.3 Å². The predicted molar refractivity (Wildman–Crippen MR) is 149 cm³/mol. The first-order valence-electron chi connectivity index (χ1n) is 12.0. The van der Waals surface area contributed by atoms with Crippen LogP contribution in [0.1, 0.15) is 0 Å². The van der Waals surface area contributed by atoms with E-state index in [-0.39, 0.29) is 0 Å². The average molecular weight is 460 g/mol. The van der Waals surface area contributed by atoms with Crippen molar-refractivity contribution in [1.29, 1.82) is 0 Å². The third-order valence-electron chi connectivity index (χ3n) is 6.74. The molecule has 36 heavy (non-hydrogen) atoms. The van der Waals surface area contributed by atoms with Crippen molar-refractivity contribution in [3.63, 3.8) is 0 Å². The predicted octanol–water partition coefficient (Wildman–Crippen LogP) is 8.33. The lowest BCUT2D eigenvalue weighted by Crippen LogP contribution is -1.92. The number of benzene rings is 4. The number of hydrogen-bond donors (Lipinski definition) is 0. The van der Waals surface area contributed by atoms with Gasteiger partial charge in [0.1, 0.15) is 0 Å². The Balaban J connectivity index is 1.43. The van der Waals surface area contributed by atoms with Crippen molar-refractivity contribution in [1.82, 2.24) is 15.0 Å².